The number of nitro groups is 1. The molecule has 4 rings (SSSR count). The minimum atomic E-state index is -4.07. The van der Waals surface area contributed by atoms with E-state index in [1.165, 1.54) is 25.7 Å². The zero-order valence-electron chi connectivity index (χ0n) is 21.1. The molecule has 2 aromatic carbocycles. The molecule has 0 radical (unpaired) electrons. The van der Waals surface area contributed by atoms with Crippen molar-refractivity contribution in [1.82, 2.24) is 0 Å². The molecule has 2 aliphatic rings. The highest BCUT2D eigenvalue weighted by atomic mass is 32.2. The van der Waals surface area contributed by atoms with Gasteiger partial charge < -0.3 is 18.9 Å². The molecule has 0 amide bonds. The van der Waals surface area contributed by atoms with Gasteiger partial charge in [-0.2, -0.15) is 8.42 Å². The van der Waals surface area contributed by atoms with Crippen LogP contribution >= 0.6 is 0 Å². The van der Waals surface area contributed by atoms with Crippen molar-refractivity contribution < 1.29 is 36.5 Å². The van der Waals surface area contributed by atoms with E-state index in [1.54, 1.807) is 14.2 Å². The van der Waals surface area contributed by atoms with E-state index in [2.05, 4.69) is 6.07 Å². The molecule has 1 saturated carbocycles. The molecule has 1 heterocycles. The Morgan fingerprint density at radius 2 is 1.73 bits per heavy atom. The van der Waals surface area contributed by atoms with Gasteiger partial charge in [0, 0.05) is 17.7 Å². The van der Waals surface area contributed by atoms with E-state index >= 15 is 0 Å². The molecule has 2 aromatic rings. The smallest absolute Gasteiger partial charge is 0.297 e. The van der Waals surface area contributed by atoms with Gasteiger partial charge in [0.1, 0.15) is 6.10 Å². The number of nitro benzene ring substituents is 1. The van der Waals surface area contributed by atoms with Crippen LogP contribution in [-0.2, 0) is 30.2 Å². The lowest BCUT2D eigenvalue weighted by molar-refractivity contribution is -0.384. The molecule has 1 fully saturated rings. The van der Waals surface area contributed by atoms with Crippen molar-refractivity contribution in [1.29, 1.82) is 0 Å². The minimum Gasteiger partial charge on any atom is -0.493 e. The fourth-order valence-electron chi connectivity index (χ4n) is 5.25. The van der Waals surface area contributed by atoms with Crippen LogP contribution in [0, 0.1) is 22.0 Å². The molecular weight excluding hydrogens is 502 g/mol. The standard InChI is InChI=1S/C26H33NO9S/c1-32-23-12-7-19-15-20(18-5-3-4-6-18)16-35-24(25(19)26(23)33-2)17-34-13-14-36-37(30,31)22-10-8-21(9-11-22)27(28)29/h7-12,18,20,24H,3-6,13-17H2,1-2H3. The Kier molecular flexibility index (Phi) is 9.01. The summed E-state index contributed by atoms with van der Waals surface area (Å²) in [6.07, 6.45) is 5.45. The SMILES string of the molecule is COc1ccc2c(c1OC)C(COCCOS(=O)(=O)c1ccc([N+](=O)[O-])cc1)OCC(C1CCCC1)C2. The largest absolute Gasteiger partial charge is 0.493 e. The van der Waals surface area contributed by atoms with Crippen molar-refractivity contribution in [2.24, 2.45) is 11.8 Å². The van der Waals surface area contributed by atoms with Crippen LogP contribution in [0.3, 0.4) is 0 Å². The average Bonchev–Trinajstić information content (AvgIpc) is 3.37. The molecule has 10 nitrogen and oxygen atoms in total. The van der Waals surface area contributed by atoms with Crippen molar-refractivity contribution >= 4 is 15.8 Å². The number of non-ortho nitro benzene ring substituents is 1. The van der Waals surface area contributed by atoms with Crippen LogP contribution in [0.4, 0.5) is 5.69 Å². The second-order valence-corrected chi connectivity index (χ2v) is 10.9. The summed E-state index contributed by atoms with van der Waals surface area (Å²) in [6.45, 7) is 0.608. The predicted molar refractivity (Wildman–Crippen MR) is 134 cm³/mol. The summed E-state index contributed by atoms with van der Waals surface area (Å²) >= 11 is 0. The Bertz CT molecular complexity index is 1180. The number of hydrogen-bond acceptors (Lipinski definition) is 9. The van der Waals surface area contributed by atoms with Gasteiger partial charge >= 0.3 is 0 Å². The molecule has 0 aromatic heterocycles. The average molecular weight is 536 g/mol. The highest BCUT2D eigenvalue weighted by Gasteiger charge is 2.33. The lowest BCUT2D eigenvalue weighted by atomic mass is 9.85. The second kappa shape index (κ2) is 12.2. The normalized spacial score (nSPS) is 20.3. The molecule has 1 aliphatic carbocycles. The third kappa shape index (κ3) is 6.40. The fraction of sp³-hybridized carbons (Fsp3) is 0.538. The highest BCUT2D eigenvalue weighted by molar-refractivity contribution is 7.86. The Labute approximate surface area is 217 Å². The third-order valence-electron chi connectivity index (χ3n) is 7.13. The van der Waals surface area contributed by atoms with E-state index < -0.39 is 21.1 Å². The van der Waals surface area contributed by atoms with Crippen molar-refractivity contribution in [2.45, 2.75) is 43.1 Å². The quantitative estimate of drug-likeness (QED) is 0.178. The molecule has 0 spiro atoms. The van der Waals surface area contributed by atoms with E-state index in [1.807, 2.05) is 6.07 Å². The number of rotatable bonds is 11. The van der Waals surface area contributed by atoms with Crippen molar-refractivity contribution in [2.75, 3.05) is 40.6 Å². The third-order valence-corrected chi connectivity index (χ3v) is 8.45. The van der Waals surface area contributed by atoms with Gasteiger partial charge in [0.2, 0.25) is 0 Å². The molecule has 0 saturated heterocycles. The maximum absolute atomic E-state index is 12.4. The van der Waals surface area contributed by atoms with Gasteiger partial charge in [-0.1, -0.05) is 31.7 Å². The van der Waals surface area contributed by atoms with Crippen LogP contribution in [-0.4, -0.2) is 54.0 Å². The van der Waals surface area contributed by atoms with Crippen molar-refractivity contribution in [3.63, 3.8) is 0 Å². The van der Waals surface area contributed by atoms with Gasteiger partial charge in [-0.25, -0.2) is 0 Å². The summed E-state index contributed by atoms with van der Waals surface area (Å²) in [7, 11) is -0.871. The number of ether oxygens (including phenoxy) is 4. The number of benzene rings is 2. The molecule has 202 valence electrons. The van der Waals surface area contributed by atoms with Gasteiger partial charge in [0.15, 0.2) is 11.5 Å². The summed E-state index contributed by atoms with van der Waals surface area (Å²) in [6, 6.07) is 8.52. The first-order valence-electron chi connectivity index (χ1n) is 12.4. The zero-order chi connectivity index (χ0) is 26.4. The monoisotopic (exact) mass is 535 g/mol. The van der Waals surface area contributed by atoms with E-state index in [0.717, 1.165) is 41.8 Å². The van der Waals surface area contributed by atoms with Crippen molar-refractivity contribution in [3.05, 3.63) is 57.6 Å². The maximum atomic E-state index is 12.4. The van der Waals surface area contributed by atoms with Gasteiger partial charge in [0.05, 0.1) is 50.5 Å². The van der Waals surface area contributed by atoms with Crippen LogP contribution in [0.25, 0.3) is 0 Å². The Morgan fingerprint density at radius 1 is 1.00 bits per heavy atom. The minimum absolute atomic E-state index is 0.0136. The molecule has 1 aliphatic heterocycles. The summed E-state index contributed by atoms with van der Waals surface area (Å²) in [5, 5.41) is 10.8. The van der Waals surface area contributed by atoms with E-state index in [4.69, 9.17) is 23.1 Å². The molecule has 11 heteroatoms. The van der Waals surface area contributed by atoms with Gasteiger partial charge in [0.25, 0.3) is 15.8 Å². The Hall–Kier alpha value is -2.73. The first kappa shape index (κ1) is 27.3. The fourth-order valence-corrected chi connectivity index (χ4v) is 6.14. The zero-order valence-corrected chi connectivity index (χ0v) is 21.9. The molecule has 37 heavy (non-hydrogen) atoms. The summed E-state index contributed by atoms with van der Waals surface area (Å²) < 4.78 is 53.3. The first-order valence-corrected chi connectivity index (χ1v) is 13.8. The van der Waals surface area contributed by atoms with Gasteiger partial charge in [-0.3, -0.25) is 14.3 Å². The topological polar surface area (TPSA) is 123 Å². The van der Waals surface area contributed by atoms with Crippen LogP contribution in [0.2, 0.25) is 0 Å². The molecule has 0 bridgehead atoms. The second-order valence-electron chi connectivity index (χ2n) is 9.31. The summed E-state index contributed by atoms with van der Waals surface area (Å²) in [5.74, 6) is 2.29. The molecular formula is C26H33NO9S. The molecule has 2 atom stereocenters. The Balaban J connectivity index is 1.40. The van der Waals surface area contributed by atoms with Crippen LogP contribution in [0.1, 0.15) is 42.9 Å². The highest BCUT2D eigenvalue weighted by Crippen LogP contribution is 2.44. The number of fused-ring (bicyclic) bond motifs is 1. The number of nitrogens with zero attached hydrogens (tertiary/aromatic N) is 1. The van der Waals surface area contributed by atoms with Gasteiger partial charge in [-0.15, -0.1) is 0 Å². The van der Waals surface area contributed by atoms with E-state index in [0.29, 0.717) is 29.9 Å². The van der Waals surface area contributed by atoms with E-state index in [-0.39, 0.29) is 30.4 Å². The summed E-state index contributed by atoms with van der Waals surface area (Å²) in [4.78, 5) is 10.0. The maximum Gasteiger partial charge on any atom is 0.297 e. The molecule has 0 N–H and O–H groups in total. The molecule has 2 unspecified atom stereocenters. The van der Waals surface area contributed by atoms with E-state index in [9.17, 15) is 18.5 Å². The predicted octanol–water partition coefficient (Wildman–Crippen LogP) is 4.45. The number of hydrogen-bond donors (Lipinski definition) is 0. The van der Waals surface area contributed by atoms with Crippen molar-refractivity contribution in [3.8, 4) is 11.5 Å². The summed E-state index contributed by atoms with van der Waals surface area (Å²) in [5.41, 5.74) is 1.85. The van der Waals surface area contributed by atoms with Crippen LogP contribution in [0.5, 0.6) is 11.5 Å². The van der Waals surface area contributed by atoms with Crippen LogP contribution in [0.15, 0.2) is 41.3 Å². The lowest BCUT2D eigenvalue weighted by Crippen LogP contribution is -2.20. The Morgan fingerprint density at radius 3 is 2.38 bits per heavy atom. The van der Waals surface area contributed by atoms with Crippen LogP contribution < -0.4 is 9.47 Å². The lowest BCUT2D eigenvalue weighted by Gasteiger charge is -2.22. The number of methoxy groups -OCH3 is 2. The first-order chi connectivity index (χ1) is 17.8. The van der Waals surface area contributed by atoms with Gasteiger partial charge in [-0.05, 0) is 42.0 Å².